The average Bonchev–Trinajstić information content (AvgIpc) is 2.57. The fourth-order valence-corrected chi connectivity index (χ4v) is 2.03. The van der Waals surface area contributed by atoms with Gasteiger partial charge in [-0.25, -0.2) is 4.79 Å². The number of amides is 2. The lowest BCUT2D eigenvalue weighted by molar-refractivity contribution is 0.218. The number of hydrogen-bond acceptors (Lipinski definition) is 2. The molecule has 86 valence electrons. The molecule has 4 heteroatoms. The number of nitrogen functional groups attached to an aromatic ring is 1. The van der Waals surface area contributed by atoms with Crippen molar-refractivity contribution in [1.82, 2.24) is 4.90 Å². The van der Waals surface area contributed by atoms with E-state index in [1.165, 1.54) is 0 Å². The third kappa shape index (κ3) is 1.71. The molecule has 0 spiro atoms. The Morgan fingerprint density at radius 1 is 1.38 bits per heavy atom. The highest BCUT2D eigenvalue weighted by atomic mass is 16.2. The lowest BCUT2D eigenvalue weighted by Gasteiger charge is -2.16. The number of likely N-dealkylation sites (N-methyl/N-ethyl adjacent to an activating group) is 1. The summed E-state index contributed by atoms with van der Waals surface area (Å²) in [5, 5.41) is 0. The smallest absolute Gasteiger partial charge is 0.324 e. The quantitative estimate of drug-likeness (QED) is 0.772. The van der Waals surface area contributed by atoms with Gasteiger partial charge >= 0.3 is 6.03 Å². The Labute approximate surface area is 95.6 Å². The Morgan fingerprint density at radius 3 is 2.50 bits per heavy atom. The van der Waals surface area contributed by atoms with Crippen LogP contribution in [0.1, 0.15) is 13.3 Å². The second-order valence-corrected chi connectivity index (χ2v) is 4.16. The normalized spacial score (nSPS) is 20.6. The zero-order chi connectivity index (χ0) is 11.7. The van der Waals surface area contributed by atoms with Crippen LogP contribution >= 0.6 is 0 Å². The van der Waals surface area contributed by atoms with Gasteiger partial charge in [-0.3, -0.25) is 4.90 Å². The zero-order valence-corrected chi connectivity index (χ0v) is 9.68. The lowest BCUT2D eigenvalue weighted by atomic mass is 10.2. The van der Waals surface area contributed by atoms with Crippen LogP contribution in [-0.2, 0) is 0 Å². The second kappa shape index (κ2) is 4.04. The zero-order valence-electron chi connectivity index (χ0n) is 9.68. The van der Waals surface area contributed by atoms with Gasteiger partial charge in [0, 0.05) is 25.0 Å². The van der Waals surface area contributed by atoms with Crippen molar-refractivity contribution in [2.24, 2.45) is 0 Å². The topological polar surface area (TPSA) is 49.6 Å². The van der Waals surface area contributed by atoms with Crippen molar-refractivity contribution in [2.75, 3.05) is 24.2 Å². The Kier molecular flexibility index (Phi) is 2.73. The third-order valence-electron chi connectivity index (χ3n) is 3.15. The first-order valence-electron chi connectivity index (χ1n) is 5.53. The molecule has 2 rings (SSSR count). The van der Waals surface area contributed by atoms with Crippen LogP contribution in [0.2, 0.25) is 0 Å². The number of nitrogens with zero attached hydrogens (tertiary/aromatic N) is 2. The van der Waals surface area contributed by atoms with Crippen LogP contribution in [0.25, 0.3) is 0 Å². The molecule has 0 aromatic heterocycles. The van der Waals surface area contributed by atoms with Crippen molar-refractivity contribution >= 4 is 17.4 Å². The van der Waals surface area contributed by atoms with Crippen molar-refractivity contribution in [3.63, 3.8) is 0 Å². The van der Waals surface area contributed by atoms with Crippen LogP contribution < -0.4 is 10.6 Å². The van der Waals surface area contributed by atoms with E-state index >= 15 is 0 Å². The molecule has 2 amide bonds. The number of benzene rings is 1. The molecule has 1 aliphatic rings. The first kappa shape index (κ1) is 10.8. The summed E-state index contributed by atoms with van der Waals surface area (Å²) in [6.45, 7) is 2.86. The number of hydrogen-bond donors (Lipinski definition) is 1. The van der Waals surface area contributed by atoms with E-state index < -0.39 is 0 Å². The van der Waals surface area contributed by atoms with E-state index in [1.807, 2.05) is 31.3 Å². The van der Waals surface area contributed by atoms with Crippen molar-refractivity contribution in [1.29, 1.82) is 0 Å². The minimum absolute atomic E-state index is 0.0663. The van der Waals surface area contributed by atoms with Gasteiger partial charge < -0.3 is 10.6 Å². The molecule has 1 fully saturated rings. The Balaban J connectivity index is 2.23. The van der Waals surface area contributed by atoms with Crippen molar-refractivity contribution in [3.05, 3.63) is 24.3 Å². The molecule has 4 nitrogen and oxygen atoms in total. The molecule has 0 bridgehead atoms. The maximum absolute atomic E-state index is 12.0. The minimum Gasteiger partial charge on any atom is -0.399 e. The van der Waals surface area contributed by atoms with Crippen LogP contribution in [0.5, 0.6) is 0 Å². The summed E-state index contributed by atoms with van der Waals surface area (Å²) in [6, 6.07) is 7.80. The van der Waals surface area contributed by atoms with Gasteiger partial charge in [0.25, 0.3) is 0 Å². The molecular weight excluding hydrogens is 202 g/mol. The van der Waals surface area contributed by atoms with E-state index in [0.717, 1.165) is 24.3 Å². The highest BCUT2D eigenvalue weighted by Gasteiger charge is 2.33. The highest BCUT2D eigenvalue weighted by molar-refractivity contribution is 5.94. The first-order chi connectivity index (χ1) is 7.63. The Morgan fingerprint density at radius 2 is 2.00 bits per heavy atom. The summed E-state index contributed by atoms with van der Waals surface area (Å²) < 4.78 is 0. The summed E-state index contributed by atoms with van der Waals surface area (Å²) in [6.07, 6.45) is 0.980. The van der Waals surface area contributed by atoms with Crippen molar-refractivity contribution in [3.8, 4) is 0 Å². The van der Waals surface area contributed by atoms with Gasteiger partial charge in [-0.15, -0.1) is 0 Å². The van der Waals surface area contributed by atoms with Crippen LogP contribution in [0.15, 0.2) is 24.3 Å². The number of anilines is 2. The summed E-state index contributed by atoms with van der Waals surface area (Å²) in [5.74, 6) is 0. The van der Waals surface area contributed by atoms with Gasteiger partial charge in [-0.2, -0.15) is 0 Å². The van der Waals surface area contributed by atoms with Gasteiger partial charge in [0.05, 0.1) is 6.04 Å². The number of carbonyl (C=O) groups is 1. The standard InChI is InChI=1S/C12H17N3O/c1-3-10-8-15(12(16)14(10)2)11-6-4-9(13)5-7-11/h4-7,10H,3,8,13H2,1-2H3. The molecule has 1 unspecified atom stereocenters. The average molecular weight is 219 g/mol. The van der Waals surface area contributed by atoms with Crippen molar-refractivity contribution < 1.29 is 4.79 Å². The monoisotopic (exact) mass is 219 g/mol. The molecule has 1 aliphatic heterocycles. The molecule has 2 N–H and O–H groups in total. The van der Waals surface area contributed by atoms with E-state index in [-0.39, 0.29) is 6.03 Å². The van der Waals surface area contributed by atoms with Gasteiger partial charge in [0.1, 0.15) is 0 Å². The fourth-order valence-electron chi connectivity index (χ4n) is 2.03. The number of carbonyl (C=O) groups excluding carboxylic acids is 1. The summed E-state index contributed by atoms with van der Waals surface area (Å²) in [4.78, 5) is 15.6. The third-order valence-corrected chi connectivity index (χ3v) is 3.15. The minimum atomic E-state index is 0.0663. The molecule has 1 saturated heterocycles. The highest BCUT2D eigenvalue weighted by Crippen LogP contribution is 2.24. The first-order valence-corrected chi connectivity index (χ1v) is 5.53. The Hall–Kier alpha value is -1.71. The van der Waals surface area contributed by atoms with Crippen LogP contribution in [0, 0.1) is 0 Å². The molecule has 1 aromatic rings. The van der Waals surface area contributed by atoms with E-state index in [1.54, 1.807) is 9.80 Å². The van der Waals surface area contributed by atoms with E-state index in [0.29, 0.717) is 6.04 Å². The Bertz CT molecular complexity index is 388. The summed E-state index contributed by atoms with van der Waals surface area (Å²) in [5.41, 5.74) is 7.26. The van der Waals surface area contributed by atoms with Gasteiger partial charge in [-0.1, -0.05) is 6.92 Å². The predicted molar refractivity (Wildman–Crippen MR) is 65.4 cm³/mol. The molecule has 0 saturated carbocycles. The molecule has 1 atom stereocenters. The number of rotatable bonds is 2. The van der Waals surface area contributed by atoms with Crippen LogP contribution in [0.4, 0.5) is 16.2 Å². The van der Waals surface area contributed by atoms with Gasteiger partial charge in [0.15, 0.2) is 0 Å². The molecule has 16 heavy (non-hydrogen) atoms. The predicted octanol–water partition coefficient (Wildman–Crippen LogP) is 1.92. The maximum atomic E-state index is 12.0. The molecule has 0 aliphatic carbocycles. The SMILES string of the molecule is CCC1CN(c2ccc(N)cc2)C(=O)N1C. The number of urea groups is 1. The molecular formula is C12H17N3O. The summed E-state index contributed by atoms with van der Waals surface area (Å²) >= 11 is 0. The fraction of sp³-hybridized carbons (Fsp3) is 0.417. The molecule has 1 heterocycles. The van der Waals surface area contributed by atoms with Gasteiger partial charge in [-0.05, 0) is 30.7 Å². The maximum Gasteiger partial charge on any atom is 0.324 e. The van der Waals surface area contributed by atoms with Crippen molar-refractivity contribution in [2.45, 2.75) is 19.4 Å². The second-order valence-electron chi connectivity index (χ2n) is 4.16. The molecule has 1 aromatic carbocycles. The largest absolute Gasteiger partial charge is 0.399 e. The van der Waals surface area contributed by atoms with Crippen LogP contribution in [0.3, 0.4) is 0 Å². The molecule has 0 radical (unpaired) electrons. The van der Waals surface area contributed by atoms with Crippen LogP contribution in [-0.4, -0.2) is 30.6 Å². The van der Waals surface area contributed by atoms with E-state index in [2.05, 4.69) is 6.92 Å². The van der Waals surface area contributed by atoms with Gasteiger partial charge in [0.2, 0.25) is 0 Å². The summed E-state index contributed by atoms with van der Waals surface area (Å²) in [7, 11) is 1.85. The van der Waals surface area contributed by atoms with E-state index in [9.17, 15) is 4.79 Å². The number of nitrogens with two attached hydrogens (primary N) is 1. The van der Waals surface area contributed by atoms with E-state index in [4.69, 9.17) is 5.73 Å². The lowest BCUT2D eigenvalue weighted by Crippen LogP contribution is -2.30.